The largest absolute Gasteiger partial charge is 0.364 e. The third kappa shape index (κ3) is 4.83. The van der Waals surface area contributed by atoms with Gasteiger partial charge in [0.15, 0.2) is 0 Å². The summed E-state index contributed by atoms with van der Waals surface area (Å²) in [5.74, 6) is -0.174. The number of hydrogen-bond acceptors (Lipinski definition) is 5. The van der Waals surface area contributed by atoms with Crippen LogP contribution in [0.4, 0.5) is 0 Å². The highest BCUT2D eigenvalue weighted by molar-refractivity contribution is 5.92. The minimum atomic E-state index is -0.323. The number of ether oxygens (including phenoxy) is 1. The van der Waals surface area contributed by atoms with Crippen molar-refractivity contribution in [2.24, 2.45) is 7.05 Å². The molecule has 9 heteroatoms. The second kappa shape index (κ2) is 8.96. The van der Waals surface area contributed by atoms with Gasteiger partial charge in [-0.05, 0) is 24.3 Å². The Bertz CT molecular complexity index is 1040. The molecule has 0 bridgehead atoms. The predicted octanol–water partition coefficient (Wildman–Crippen LogP) is 0.324. The second-order valence-electron chi connectivity index (χ2n) is 6.13. The highest BCUT2D eigenvalue weighted by atomic mass is 16.5. The Balaban J connectivity index is 1.37. The summed E-state index contributed by atoms with van der Waals surface area (Å²) in [4.78, 5) is 42.6. The lowest BCUT2D eigenvalue weighted by Gasteiger charge is -2.08. The van der Waals surface area contributed by atoms with Crippen LogP contribution >= 0.6 is 0 Å². The highest BCUT2D eigenvalue weighted by Gasteiger charge is 2.08. The van der Waals surface area contributed by atoms with Crippen LogP contribution in [0.1, 0.15) is 16.3 Å². The molecule has 2 amide bonds. The van der Waals surface area contributed by atoms with E-state index in [1.807, 2.05) is 0 Å². The molecule has 0 spiro atoms. The Morgan fingerprint density at radius 3 is 2.71 bits per heavy atom. The number of H-pyrrole nitrogens is 1. The fourth-order valence-corrected chi connectivity index (χ4v) is 2.66. The van der Waals surface area contributed by atoms with Gasteiger partial charge in [0.25, 0.3) is 11.5 Å². The van der Waals surface area contributed by atoms with Crippen molar-refractivity contribution in [1.82, 2.24) is 25.2 Å². The molecule has 0 aliphatic carbocycles. The molecule has 0 aliphatic rings. The minimum absolute atomic E-state index is 0.0116. The van der Waals surface area contributed by atoms with Crippen LogP contribution in [0.2, 0.25) is 0 Å². The van der Waals surface area contributed by atoms with Gasteiger partial charge in [-0.2, -0.15) is 0 Å². The number of nitrogens with one attached hydrogen (secondary N) is 3. The average Bonchev–Trinajstić information content (AvgIpc) is 3.11. The number of fused-ring (bicyclic) bond motifs is 1. The molecule has 0 atom stereocenters. The van der Waals surface area contributed by atoms with Gasteiger partial charge >= 0.3 is 0 Å². The molecule has 9 nitrogen and oxygen atoms in total. The van der Waals surface area contributed by atoms with Crippen molar-refractivity contribution in [1.29, 1.82) is 0 Å². The normalized spacial score (nSPS) is 10.8. The number of aromatic nitrogens is 3. The average molecular weight is 383 g/mol. The lowest BCUT2D eigenvalue weighted by atomic mass is 10.2. The molecule has 3 rings (SSSR count). The first kappa shape index (κ1) is 19.3. The number of benzene rings is 1. The van der Waals surface area contributed by atoms with E-state index in [2.05, 4.69) is 20.6 Å². The Morgan fingerprint density at radius 2 is 1.93 bits per heavy atom. The van der Waals surface area contributed by atoms with E-state index in [1.54, 1.807) is 54.2 Å². The smallest absolute Gasteiger partial charge is 0.267 e. The van der Waals surface area contributed by atoms with Crippen molar-refractivity contribution >= 4 is 22.7 Å². The SMILES string of the molecule is Cn1cccc1C(=O)NCCNC(=O)COCc1nc2ccccc2c(=O)[nH]1. The van der Waals surface area contributed by atoms with Gasteiger partial charge in [-0.1, -0.05) is 12.1 Å². The molecule has 0 saturated heterocycles. The number of nitrogens with zero attached hydrogens (tertiary/aromatic N) is 2. The Labute approximate surface area is 160 Å². The lowest BCUT2D eigenvalue weighted by molar-refractivity contribution is -0.126. The van der Waals surface area contributed by atoms with Crippen molar-refractivity contribution < 1.29 is 14.3 Å². The Kier molecular flexibility index (Phi) is 6.18. The molecular weight excluding hydrogens is 362 g/mol. The minimum Gasteiger partial charge on any atom is -0.364 e. The number of hydrogen-bond donors (Lipinski definition) is 3. The maximum Gasteiger partial charge on any atom is 0.267 e. The molecule has 146 valence electrons. The molecule has 3 aromatic rings. The third-order valence-electron chi connectivity index (χ3n) is 4.04. The van der Waals surface area contributed by atoms with Gasteiger partial charge in [0.05, 0.1) is 10.9 Å². The van der Waals surface area contributed by atoms with Crippen LogP contribution in [-0.2, 0) is 23.2 Å². The van der Waals surface area contributed by atoms with E-state index in [9.17, 15) is 14.4 Å². The molecule has 0 aliphatic heterocycles. The van der Waals surface area contributed by atoms with Gasteiger partial charge in [0.2, 0.25) is 5.91 Å². The first-order valence-electron chi connectivity index (χ1n) is 8.76. The zero-order valence-corrected chi connectivity index (χ0v) is 15.4. The van der Waals surface area contributed by atoms with Crippen LogP contribution in [0.15, 0.2) is 47.4 Å². The van der Waals surface area contributed by atoms with Crippen molar-refractivity contribution in [2.45, 2.75) is 6.61 Å². The first-order chi connectivity index (χ1) is 13.5. The van der Waals surface area contributed by atoms with Crippen molar-refractivity contribution in [3.8, 4) is 0 Å². The fraction of sp³-hybridized carbons (Fsp3) is 0.263. The topological polar surface area (TPSA) is 118 Å². The number of aryl methyl sites for hydroxylation is 1. The number of carbonyl (C=O) groups excluding carboxylic acids is 2. The fourth-order valence-electron chi connectivity index (χ4n) is 2.66. The van der Waals surface area contributed by atoms with Gasteiger partial charge < -0.3 is 24.9 Å². The summed E-state index contributed by atoms with van der Waals surface area (Å²) in [7, 11) is 1.78. The van der Waals surface area contributed by atoms with Gasteiger partial charge in [0, 0.05) is 26.3 Å². The first-order valence-corrected chi connectivity index (χ1v) is 8.76. The third-order valence-corrected chi connectivity index (χ3v) is 4.04. The molecule has 2 heterocycles. The van der Waals surface area contributed by atoms with Crippen molar-refractivity contribution in [2.75, 3.05) is 19.7 Å². The zero-order valence-electron chi connectivity index (χ0n) is 15.4. The monoisotopic (exact) mass is 383 g/mol. The molecule has 0 unspecified atom stereocenters. The number of aromatic amines is 1. The van der Waals surface area contributed by atoms with Crippen LogP contribution in [0.25, 0.3) is 10.9 Å². The Morgan fingerprint density at radius 1 is 1.14 bits per heavy atom. The van der Waals surface area contributed by atoms with E-state index in [4.69, 9.17) is 4.74 Å². The highest BCUT2D eigenvalue weighted by Crippen LogP contribution is 2.06. The number of amides is 2. The van der Waals surface area contributed by atoms with Crippen LogP contribution in [0.5, 0.6) is 0 Å². The molecule has 28 heavy (non-hydrogen) atoms. The van der Waals surface area contributed by atoms with Crippen LogP contribution in [0.3, 0.4) is 0 Å². The van der Waals surface area contributed by atoms with Gasteiger partial charge in [0.1, 0.15) is 24.7 Å². The van der Waals surface area contributed by atoms with E-state index in [0.29, 0.717) is 29.0 Å². The zero-order chi connectivity index (χ0) is 19.9. The molecular formula is C19H21N5O4. The summed E-state index contributed by atoms with van der Waals surface area (Å²) in [6.07, 6.45) is 1.78. The maximum absolute atomic E-state index is 12.0. The summed E-state index contributed by atoms with van der Waals surface area (Å²) in [6.45, 7) is 0.415. The summed E-state index contributed by atoms with van der Waals surface area (Å²) >= 11 is 0. The molecule has 3 N–H and O–H groups in total. The van der Waals surface area contributed by atoms with E-state index >= 15 is 0 Å². The van der Waals surface area contributed by atoms with Gasteiger partial charge in [-0.3, -0.25) is 14.4 Å². The number of para-hydroxylation sites is 1. The molecule has 0 radical (unpaired) electrons. The second-order valence-corrected chi connectivity index (χ2v) is 6.13. The summed E-state index contributed by atoms with van der Waals surface area (Å²) < 4.78 is 7.02. The van der Waals surface area contributed by atoms with Gasteiger partial charge in [-0.15, -0.1) is 0 Å². The predicted molar refractivity (Wildman–Crippen MR) is 103 cm³/mol. The molecule has 2 aromatic heterocycles. The van der Waals surface area contributed by atoms with E-state index in [0.717, 1.165) is 0 Å². The number of rotatable bonds is 8. The standard InChI is InChI=1S/C19H21N5O4/c1-24-10-4-7-15(24)19(27)21-9-8-20-17(25)12-28-11-16-22-14-6-3-2-5-13(14)18(26)23-16/h2-7,10H,8-9,11-12H2,1H3,(H,20,25)(H,21,27)(H,22,23,26). The molecule has 1 aromatic carbocycles. The maximum atomic E-state index is 12.0. The molecule has 0 fully saturated rings. The van der Waals surface area contributed by atoms with Crippen LogP contribution < -0.4 is 16.2 Å². The van der Waals surface area contributed by atoms with E-state index in [1.165, 1.54) is 0 Å². The van der Waals surface area contributed by atoms with E-state index < -0.39 is 0 Å². The lowest BCUT2D eigenvalue weighted by Crippen LogP contribution is -2.36. The molecule has 0 saturated carbocycles. The summed E-state index contributed by atoms with van der Waals surface area (Å²) in [6, 6.07) is 10.5. The van der Waals surface area contributed by atoms with E-state index in [-0.39, 0.29) is 37.1 Å². The summed E-state index contributed by atoms with van der Waals surface area (Å²) in [5.41, 5.74) is 0.873. The van der Waals surface area contributed by atoms with Crippen molar-refractivity contribution in [3.63, 3.8) is 0 Å². The summed E-state index contributed by atoms with van der Waals surface area (Å²) in [5, 5.41) is 5.87. The van der Waals surface area contributed by atoms with Gasteiger partial charge in [-0.25, -0.2) is 4.98 Å². The van der Waals surface area contributed by atoms with Crippen LogP contribution in [-0.4, -0.2) is 46.0 Å². The number of carbonyl (C=O) groups is 2. The Hall–Kier alpha value is -3.46. The quantitative estimate of drug-likeness (QED) is 0.484. The van der Waals surface area contributed by atoms with Crippen LogP contribution in [0, 0.1) is 0 Å². The van der Waals surface area contributed by atoms with Crippen molar-refractivity contribution in [3.05, 3.63) is 64.5 Å².